The minimum atomic E-state index is -0.169. The fourth-order valence-electron chi connectivity index (χ4n) is 4.62. The Hall–Kier alpha value is -3.81. The molecule has 1 aromatic heterocycles. The van der Waals surface area contributed by atoms with E-state index in [0.717, 1.165) is 29.0 Å². The third kappa shape index (κ3) is 3.71. The monoisotopic (exact) mass is 445 g/mol. The summed E-state index contributed by atoms with van der Waals surface area (Å²) >= 11 is 0. The average Bonchev–Trinajstić information content (AvgIpc) is 3.27. The number of aromatic nitrogens is 1. The summed E-state index contributed by atoms with van der Waals surface area (Å²) in [6, 6.07) is 17.2. The summed E-state index contributed by atoms with van der Waals surface area (Å²) in [4.78, 5) is 29.5. The van der Waals surface area contributed by atoms with Gasteiger partial charge >= 0.3 is 0 Å². The van der Waals surface area contributed by atoms with E-state index in [2.05, 4.69) is 5.16 Å². The summed E-state index contributed by atoms with van der Waals surface area (Å²) in [7, 11) is 0. The highest BCUT2D eigenvalue weighted by Crippen LogP contribution is 2.50. The zero-order valence-corrected chi connectivity index (χ0v) is 18.0. The Morgan fingerprint density at radius 3 is 2.45 bits per heavy atom. The van der Waals surface area contributed by atoms with E-state index < -0.39 is 0 Å². The second kappa shape index (κ2) is 7.95. The lowest BCUT2D eigenvalue weighted by molar-refractivity contribution is -0.134. The van der Waals surface area contributed by atoms with Crippen LogP contribution in [0.2, 0.25) is 0 Å². The van der Waals surface area contributed by atoms with E-state index in [-0.39, 0.29) is 30.4 Å². The van der Waals surface area contributed by atoms with Crippen molar-refractivity contribution in [2.24, 2.45) is 5.92 Å². The number of carbonyl (C=O) groups is 2. The van der Waals surface area contributed by atoms with Crippen molar-refractivity contribution in [1.29, 1.82) is 0 Å². The molecule has 0 bridgehead atoms. The van der Waals surface area contributed by atoms with Gasteiger partial charge in [0.15, 0.2) is 23.0 Å². The maximum absolute atomic E-state index is 13.0. The largest absolute Gasteiger partial charge is 0.454 e. The van der Waals surface area contributed by atoms with Gasteiger partial charge in [-0.25, -0.2) is 0 Å². The van der Waals surface area contributed by atoms with Crippen molar-refractivity contribution in [3.8, 4) is 22.8 Å². The maximum Gasteiger partial charge on any atom is 0.276 e. The molecular weight excluding hydrogens is 422 g/mol. The SMILES string of the molecule is O=C(c1cc(-c2ccccc2)on1)N1CCN(C(=O)C2CC2c2ccc3c(c2)OCO3)CC1. The van der Waals surface area contributed by atoms with Gasteiger partial charge in [0.25, 0.3) is 5.91 Å². The Labute approximate surface area is 190 Å². The molecule has 2 atom stereocenters. The fraction of sp³-hybridized carbons (Fsp3) is 0.320. The zero-order valence-electron chi connectivity index (χ0n) is 18.0. The summed E-state index contributed by atoms with van der Waals surface area (Å²) < 4.78 is 16.2. The highest BCUT2D eigenvalue weighted by Gasteiger charge is 2.46. The van der Waals surface area contributed by atoms with Gasteiger partial charge in [0, 0.05) is 43.7 Å². The number of hydrogen-bond donors (Lipinski definition) is 0. The minimum absolute atomic E-state index is 0.00315. The van der Waals surface area contributed by atoms with Gasteiger partial charge in [-0.3, -0.25) is 9.59 Å². The van der Waals surface area contributed by atoms with Crippen LogP contribution in [0.5, 0.6) is 11.5 Å². The van der Waals surface area contributed by atoms with E-state index in [1.165, 1.54) is 0 Å². The molecule has 0 radical (unpaired) electrons. The van der Waals surface area contributed by atoms with Crippen LogP contribution in [0.15, 0.2) is 59.1 Å². The molecule has 2 fully saturated rings. The van der Waals surface area contributed by atoms with Crippen LogP contribution in [0.3, 0.4) is 0 Å². The summed E-state index contributed by atoms with van der Waals surface area (Å²) in [5.74, 6) is 2.29. The number of hydrogen-bond acceptors (Lipinski definition) is 6. The van der Waals surface area contributed by atoms with Gasteiger partial charge in [0.05, 0.1) is 0 Å². The van der Waals surface area contributed by atoms with Gasteiger partial charge < -0.3 is 23.8 Å². The first-order valence-corrected chi connectivity index (χ1v) is 11.2. The molecule has 8 heteroatoms. The van der Waals surface area contributed by atoms with Crippen LogP contribution in [-0.2, 0) is 4.79 Å². The number of carbonyl (C=O) groups excluding carboxylic acids is 2. The van der Waals surface area contributed by atoms with Gasteiger partial charge in [-0.05, 0) is 30.0 Å². The molecule has 2 amide bonds. The molecular formula is C25H23N3O5. The van der Waals surface area contributed by atoms with Crippen molar-refractivity contribution in [3.05, 3.63) is 65.9 Å². The maximum atomic E-state index is 13.0. The Balaban J connectivity index is 1.05. The van der Waals surface area contributed by atoms with E-state index in [4.69, 9.17) is 14.0 Å². The van der Waals surface area contributed by atoms with E-state index in [1.54, 1.807) is 11.0 Å². The number of piperazine rings is 1. The van der Waals surface area contributed by atoms with Gasteiger partial charge in [-0.2, -0.15) is 0 Å². The third-order valence-corrected chi connectivity index (χ3v) is 6.60. The lowest BCUT2D eigenvalue weighted by Gasteiger charge is -2.34. The molecule has 2 aromatic carbocycles. The summed E-state index contributed by atoms with van der Waals surface area (Å²) in [5.41, 5.74) is 2.28. The molecule has 3 aromatic rings. The quantitative estimate of drug-likeness (QED) is 0.613. The molecule has 1 saturated heterocycles. The van der Waals surface area contributed by atoms with Gasteiger partial charge in [0.1, 0.15) is 0 Å². The lowest BCUT2D eigenvalue weighted by atomic mass is 10.1. The van der Waals surface area contributed by atoms with Crippen LogP contribution in [0.25, 0.3) is 11.3 Å². The summed E-state index contributed by atoms with van der Waals surface area (Å²) in [6.45, 7) is 2.27. The fourth-order valence-corrected chi connectivity index (χ4v) is 4.62. The van der Waals surface area contributed by atoms with Crippen molar-refractivity contribution >= 4 is 11.8 Å². The average molecular weight is 445 g/mol. The Morgan fingerprint density at radius 2 is 1.64 bits per heavy atom. The Bertz CT molecular complexity index is 1200. The first kappa shape index (κ1) is 19.8. The highest BCUT2D eigenvalue weighted by atomic mass is 16.7. The Kier molecular flexibility index (Phi) is 4.78. The first-order valence-electron chi connectivity index (χ1n) is 11.2. The topological polar surface area (TPSA) is 85.1 Å². The molecule has 6 rings (SSSR count). The van der Waals surface area contributed by atoms with Crippen LogP contribution in [0, 0.1) is 5.92 Å². The molecule has 0 N–H and O–H groups in total. The van der Waals surface area contributed by atoms with Crippen LogP contribution >= 0.6 is 0 Å². The standard InChI is InChI=1S/C25H23N3O5/c29-24(19-13-18(19)17-6-7-21-23(12-17)32-15-31-21)27-8-10-28(11-9-27)25(30)20-14-22(33-26-20)16-4-2-1-3-5-16/h1-7,12,14,18-19H,8-11,13,15H2. The second-order valence-corrected chi connectivity index (χ2v) is 8.62. The van der Waals surface area contributed by atoms with Gasteiger partial charge in [-0.1, -0.05) is 41.6 Å². The van der Waals surface area contributed by atoms with Crippen molar-refractivity contribution in [1.82, 2.24) is 15.0 Å². The third-order valence-electron chi connectivity index (χ3n) is 6.60. The number of rotatable bonds is 4. The first-order chi connectivity index (χ1) is 16.2. The van der Waals surface area contributed by atoms with Gasteiger partial charge in [0.2, 0.25) is 12.7 Å². The van der Waals surface area contributed by atoms with E-state index in [0.29, 0.717) is 37.6 Å². The van der Waals surface area contributed by atoms with Crippen LogP contribution in [-0.4, -0.2) is 59.7 Å². The van der Waals surface area contributed by atoms with E-state index in [1.807, 2.05) is 53.4 Å². The van der Waals surface area contributed by atoms with Crippen LogP contribution in [0.4, 0.5) is 0 Å². The minimum Gasteiger partial charge on any atom is -0.454 e. The van der Waals surface area contributed by atoms with E-state index in [9.17, 15) is 9.59 Å². The summed E-state index contributed by atoms with van der Waals surface area (Å²) in [6.07, 6.45) is 0.846. The molecule has 8 nitrogen and oxygen atoms in total. The molecule has 33 heavy (non-hydrogen) atoms. The van der Waals surface area contributed by atoms with Crippen molar-refractivity contribution in [2.75, 3.05) is 33.0 Å². The molecule has 2 unspecified atom stereocenters. The number of benzene rings is 2. The van der Waals surface area contributed by atoms with Crippen molar-refractivity contribution in [2.45, 2.75) is 12.3 Å². The molecule has 168 valence electrons. The molecule has 1 aliphatic carbocycles. The smallest absolute Gasteiger partial charge is 0.276 e. The number of nitrogens with zero attached hydrogens (tertiary/aromatic N) is 3. The number of amides is 2. The number of ether oxygens (including phenoxy) is 2. The summed E-state index contributed by atoms with van der Waals surface area (Å²) in [5, 5.41) is 3.96. The molecule has 1 saturated carbocycles. The lowest BCUT2D eigenvalue weighted by Crippen LogP contribution is -2.51. The predicted molar refractivity (Wildman–Crippen MR) is 118 cm³/mol. The normalized spacial score (nSPS) is 21.2. The van der Waals surface area contributed by atoms with Crippen LogP contribution < -0.4 is 9.47 Å². The highest BCUT2D eigenvalue weighted by molar-refractivity contribution is 5.93. The Morgan fingerprint density at radius 1 is 0.879 bits per heavy atom. The van der Waals surface area contributed by atoms with Crippen LogP contribution in [0.1, 0.15) is 28.4 Å². The second-order valence-electron chi connectivity index (χ2n) is 8.62. The van der Waals surface area contributed by atoms with E-state index >= 15 is 0 Å². The number of fused-ring (bicyclic) bond motifs is 1. The van der Waals surface area contributed by atoms with Crippen molar-refractivity contribution < 1.29 is 23.6 Å². The molecule has 2 aliphatic heterocycles. The van der Waals surface area contributed by atoms with Crippen molar-refractivity contribution in [3.63, 3.8) is 0 Å². The molecule has 0 spiro atoms. The molecule has 3 aliphatic rings. The molecule has 3 heterocycles. The zero-order chi connectivity index (χ0) is 22.4. The predicted octanol–water partition coefficient (Wildman–Crippen LogP) is 3.16. The van der Waals surface area contributed by atoms with Gasteiger partial charge in [-0.15, -0.1) is 0 Å².